The first-order valence-electron chi connectivity index (χ1n) is 6.91. The number of carbonyl (C=O) groups is 2. The van der Waals surface area contributed by atoms with Crippen LogP contribution in [0.1, 0.15) is 28.5 Å². The number of carboxylic acids is 1. The van der Waals surface area contributed by atoms with Crippen molar-refractivity contribution in [3.63, 3.8) is 0 Å². The predicted octanol–water partition coefficient (Wildman–Crippen LogP) is 2.00. The van der Waals surface area contributed by atoms with Crippen LogP contribution in [0, 0.1) is 13.8 Å². The topological polar surface area (TPSA) is 91.4 Å². The summed E-state index contributed by atoms with van der Waals surface area (Å²) in [6.07, 6.45) is 0. The molecule has 6 nitrogen and oxygen atoms in total. The molecule has 6 heteroatoms. The van der Waals surface area contributed by atoms with Gasteiger partial charge in [-0.2, -0.15) is 0 Å². The lowest BCUT2D eigenvalue weighted by Crippen LogP contribution is -2.55. The smallest absolute Gasteiger partial charge is 0.331 e. The minimum atomic E-state index is -1.48. The molecule has 0 saturated heterocycles. The van der Waals surface area contributed by atoms with Crippen LogP contribution in [0.15, 0.2) is 18.2 Å². The largest absolute Gasteiger partial charge is 0.479 e. The lowest BCUT2D eigenvalue weighted by Gasteiger charge is -2.24. The number of aliphatic carboxylic acids is 1. The second-order valence-electron chi connectivity index (χ2n) is 5.75. The molecule has 1 aromatic heterocycles. The molecule has 0 saturated carbocycles. The third kappa shape index (κ3) is 2.96. The maximum atomic E-state index is 12.3. The van der Waals surface area contributed by atoms with E-state index >= 15 is 0 Å². The minimum Gasteiger partial charge on any atom is -0.479 e. The Kier molecular flexibility index (Phi) is 4.23. The standard InChI is InChI=1S/C16H20N2O4/c1-9-5-10(2)11-7-13(17-12(11)6-9)14(19)18-16(3,8-22-4)15(20)21/h5-7,17H,8H2,1-4H3,(H,18,19)(H,20,21). The predicted molar refractivity (Wildman–Crippen MR) is 83.2 cm³/mol. The summed E-state index contributed by atoms with van der Waals surface area (Å²) in [7, 11) is 1.39. The lowest BCUT2D eigenvalue weighted by molar-refractivity contribution is -0.145. The number of aryl methyl sites for hydroxylation is 2. The molecule has 0 radical (unpaired) electrons. The van der Waals surface area contributed by atoms with Gasteiger partial charge in [0.25, 0.3) is 5.91 Å². The first-order chi connectivity index (χ1) is 10.3. The van der Waals surface area contributed by atoms with Crippen molar-refractivity contribution in [2.45, 2.75) is 26.3 Å². The first-order valence-corrected chi connectivity index (χ1v) is 6.91. The molecule has 0 bridgehead atoms. The van der Waals surface area contributed by atoms with Crippen LogP contribution in [0.2, 0.25) is 0 Å². The fourth-order valence-corrected chi connectivity index (χ4v) is 2.48. The second-order valence-corrected chi connectivity index (χ2v) is 5.75. The molecule has 1 heterocycles. The van der Waals surface area contributed by atoms with Gasteiger partial charge in [0, 0.05) is 18.0 Å². The van der Waals surface area contributed by atoms with Crippen LogP contribution in [0.4, 0.5) is 0 Å². The third-order valence-electron chi connectivity index (χ3n) is 3.63. The summed E-state index contributed by atoms with van der Waals surface area (Å²) < 4.78 is 4.89. The highest BCUT2D eigenvalue weighted by atomic mass is 16.5. The van der Waals surface area contributed by atoms with E-state index in [0.29, 0.717) is 5.69 Å². The van der Waals surface area contributed by atoms with Crippen LogP contribution in [-0.4, -0.2) is 41.2 Å². The Labute approximate surface area is 128 Å². The highest BCUT2D eigenvalue weighted by Crippen LogP contribution is 2.21. The maximum Gasteiger partial charge on any atom is 0.331 e. The number of H-pyrrole nitrogens is 1. The summed E-state index contributed by atoms with van der Waals surface area (Å²) in [6.45, 7) is 5.24. The highest BCUT2D eigenvalue weighted by molar-refractivity contribution is 6.01. The number of fused-ring (bicyclic) bond motifs is 1. The molecule has 1 amide bonds. The molecule has 118 valence electrons. The molecule has 0 spiro atoms. The quantitative estimate of drug-likeness (QED) is 0.788. The molecular weight excluding hydrogens is 284 g/mol. The number of carbonyl (C=O) groups excluding carboxylic acids is 1. The summed E-state index contributed by atoms with van der Waals surface area (Å²) in [6, 6.07) is 5.71. The van der Waals surface area contributed by atoms with E-state index in [2.05, 4.69) is 10.3 Å². The van der Waals surface area contributed by atoms with Crippen molar-refractivity contribution in [1.82, 2.24) is 10.3 Å². The zero-order valence-electron chi connectivity index (χ0n) is 13.1. The van der Waals surface area contributed by atoms with Gasteiger partial charge in [-0.1, -0.05) is 6.07 Å². The van der Waals surface area contributed by atoms with Gasteiger partial charge in [0.2, 0.25) is 0 Å². The summed E-state index contributed by atoms with van der Waals surface area (Å²) in [5.74, 6) is -1.62. The number of hydrogen-bond donors (Lipinski definition) is 3. The fourth-order valence-electron chi connectivity index (χ4n) is 2.48. The van der Waals surface area contributed by atoms with Crippen molar-refractivity contribution in [3.8, 4) is 0 Å². The molecule has 2 aromatic rings. The van der Waals surface area contributed by atoms with Crippen LogP contribution < -0.4 is 5.32 Å². The van der Waals surface area contributed by atoms with Crippen molar-refractivity contribution in [2.75, 3.05) is 13.7 Å². The van der Waals surface area contributed by atoms with Crippen LogP contribution >= 0.6 is 0 Å². The van der Waals surface area contributed by atoms with Crippen molar-refractivity contribution in [1.29, 1.82) is 0 Å². The summed E-state index contributed by atoms with van der Waals surface area (Å²) in [5, 5.41) is 12.7. The van der Waals surface area contributed by atoms with Crippen LogP contribution in [0.5, 0.6) is 0 Å². The van der Waals surface area contributed by atoms with Gasteiger partial charge in [-0.3, -0.25) is 4.79 Å². The van der Waals surface area contributed by atoms with E-state index in [4.69, 9.17) is 4.74 Å². The maximum absolute atomic E-state index is 12.3. The lowest BCUT2D eigenvalue weighted by atomic mass is 10.0. The molecule has 2 rings (SSSR count). The minimum absolute atomic E-state index is 0.119. The summed E-state index contributed by atoms with van der Waals surface area (Å²) in [5.41, 5.74) is 1.85. The number of carboxylic acid groups (broad SMARTS) is 1. The number of ether oxygens (including phenoxy) is 1. The van der Waals surface area contributed by atoms with Crippen molar-refractivity contribution < 1.29 is 19.4 Å². The van der Waals surface area contributed by atoms with Gasteiger partial charge in [0.05, 0.1) is 6.61 Å². The van der Waals surface area contributed by atoms with Gasteiger partial charge < -0.3 is 20.1 Å². The molecule has 3 N–H and O–H groups in total. The molecule has 0 aliphatic heterocycles. The van der Waals surface area contributed by atoms with Gasteiger partial charge >= 0.3 is 5.97 Å². The molecule has 0 fully saturated rings. The normalized spacial score (nSPS) is 13.8. The van der Waals surface area contributed by atoms with Crippen LogP contribution in [0.3, 0.4) is 0 Å². The first kappa shape index (κ1) is 16.0. The average molecular weight is 304 g/mol. The Bertz CT molecular complexity index is 735. The number of aromatic nitrogens is 1. The molecule has 0 aliphatic carbocycles. The Hall–Kier alpha value is -2.34. The SMILES string of the molecule is COCC(C)(NC(=O)c1cc2c(C)cc(C)cc2[nH]1)C(=O)O. The highest BCUT2D eigenvalue weighted by Gasteiger charge is 2.35. The number of hydrogen-bond acceptors (Lipinski definition) is 3. The summed E-state index contributed by atoms with van der Waals surface area (Å²) in [4.78, 5) is 26.7. The molecule has 0 aliphatic rings. The monoisotopic (exact) mass is 304 g/mol. The van der Waals surface area contributed by atoms with Crippen LogP contribution in [0.25, 0.3) is 10.9 Å². The zero-order chi connectivity index (χ0) is 16.5. The van der Waals surface area contributed by atoms with Crippen molar-refractivity contribution in [3.05, 3.63) is 35.0 Å². The zero-order valence-corrected chi connectivity index (χ0v) is 13.1. The molecular formula is C16H20N2O4. The van der Waals surface area contributed by atoms with E-state index in [1.807, 2.05) is 26.0 Å². The fraction of sp³-hybridized carbons (Fsp3) is 0.375. The number of benzene rings is 1. The molecule has 1 atom stereocenters. The van der Waals surface area contributed by atoms with E-state index in [9.17, 15) is 14.7 Å². The van der Waals surface area contributed by atoms with Gasteiger partial charge in [-0.15, -0.1) is 0 Å². The summed E-state index contributed by atoms with van der Waals surface area (Å²) >= 11 is 0. The number of nitrogens with one attached hydrogen (secondary N) is 2. The van der Waals surface area contributed by atoms with Crippen LogP contribution in [-0.2, 0) is 9.53 Å². The van der Waals surface area contributed by atoms with E-state index in [0.717, 1.165) is 22.0 Å². The van der Waals surface area contributed by atoms with Crippen molar-refractivity contribution in [2.24, 2.45) is 0 Å². The van der Waals surface area contributed by atoms with Gasteiger partial charge in [-0.25, -0.2) is 4.79 Å². The number of amides is 1. The number of methoxy groups -OCH3 is 1. The van der Waals surface area contributed by atoms with Gasteiger partial charge in [0.1, 0.15) is 5.69 Å². The Morgan fingerprint density at radius 2 is 2.00 bits per heavy atom. The molecule has 1 aromatic carbocycles. The Morgan fingerprint density at radius 1 is 1.32 bits per heavy atom. The Morgan fingerprint density at radius 3 is 2.59 bits per heavy atom. The van der Waals surface area contributed by atoms with E-state index in [1.54, 1.807) is 6.07 Å². The number of aromatic amines is 1. The van der Waals surface area contributed by atoms with Gasteiger partial charge in [-0.05, 0) is 44.0 Å². The molecule has 22 heavy (non-hydrogen) atoms. The third-order valence-corrected chi connectivity index (χ3v) is 3.63. The molecule has 1 unspecified atom stereocenters. The average Bonchev–Trinajstić information content (AvgIpc) is 2.82. The van der Waals surface area contributed by atoms with E-state index in [-0.39, 0.29) is 6.61 Å². The Balaban J connectivity index is 2.33. The van der Waals surface area contributed by atoms with E-state index < -0.39 is 17.4 Å². The second kappa shape index (κ2) is 5.81. The van der Waals surface area contributed by atoms with Crippen molar-refractivity contribution >= 4 is 22.8 Å². The number of rotatable bonds is 5. The van der Waals surface area contributed by atoms with E-state index in [1.165, 1.54) is 14.0 Å². The van der Waals surface area contributed by atoms with Gasteiger partial charge in [0.15, 0.2) is 5.54 Å².